The van der Waals surface area contributed by atoms with E-state index >= 15 is 0 Å². The minimum Gasteiger partial charge on any atom is -0.481 e. The highest BCUT2D eigenvalue weighted by Gasteiger charge is 2.24. The van der Waals surface area contributed by atoms with Gasteiger partial charge in [0.1, 0.15) is 12.6 Å². The van der Waals surface area contributed by atoms with E-state index in [9.17, 15) is 28.8 Å². The van der Waals surface area contributed by atoms with E-state index in [2.05, 4.69) is 26.0 Å². The van der Waals surface area contributed by atoms with Crippen molar-refractivity contribution in [3.8, 4) is 0 Å². The molecule has 1 unspecified atom stereocenters. The third-order valence-corrected chi connectivity index (χ3v) is 5.14. The first-order valence-corrected chi connectivity index (χ1v) is 13.6. The highest BCUT2D eigenvalue weighted by molar-refractivity contribution is 5.96. The van der Waals surface area contributed by atoms with Crippen molar-refractivity contribution in [2.75, 3.05) is 38.7 Å². The summed E-state index contributed by atoms with van der Waals surface area (Å²) in [6.45, 7) is 10.5. The van der Waals surface area contributed by atoms with Gasteiger partial charge in [-0.3, -0.25) is 24.0 Å². The highest BCUT2D eigenvalue weighted by Crippen LogP contribution is 2.19. The van der Waals surface area contributed by atoms with Crippen molar-refractivity contribution in [3.05, 3.63) is 29.8 Å². The molecule has 0 radical (unpaired) electrons. The Hall–Kier alpha value is -4.24. The number of primary amides is 1. The lowest BCUT2D eigenvalue weighted by Gasteiger charge is -2.21. The Morgan fingerprint density at radius 3 is 2.07 bits per heavy atom. The van der Waals surface area contributed by atoms with Gasteiger partial charge in [0.25, 0.3) is 6.47 Å². The fourth-order valence-electron chi connectivity index (χ4n) is 3.16. The predicted octanol–water partition coefficient (Wildman–Crippen LogP) is 0.712. The number of hydrogen-bond acceptors (Lipinski definition) is 9. The summed E-state index contributed by atoms with van der Waals surface area (Å²) in [6, 6.07) is 5.50. The van der Waals surface area contributed by atoms with Crippen LogP contribution in [0.1, 0.15) is 53.0 Å². The van der Waals surface area contributed by atoms with Gasteiger partial charge in [-0.05, 0) is 35.4 Å². The van der Waals surface area contributed by atoms with E-state index in [4.69, 9.17) is 21.3 Å². The number of urea groups is 1. The average molecular weight is 613 g/mol. The molecule has 0 aliphatic rings. The van der Waals surface area contributed by atoms with Crippen LogP contribution in [0.2, 0.25) is 0 Å². The fraction of sp³-hybridized carbons (Fsp3) is 0.571. The van der Waals surface area contributed by atoms with E-state index in [0.29, 0.717) is 25.3 Å². The molecule has 244 valence electrons. The Morgan fingerprint density at radius 1 is 1.05 bits per heavy atom. The molecule has 15 heteroatoms. The summed E-state index contributed by atoms with van der Waals surface area (Å²) in [5.74, 6) is -2.25. The van der Waals surface area contributed by atoms with Crippen LogP contribution in [0, 0.1) is 11.3 Å². The first-order valence-electron chi connectivity index (χ1n) is 13.6. The Morgan fingerprint density at radius 2 is 1.65 bits per heavy atom. The van der Waals surface area contributed by atoms with Gasteiger partial charge in [0, 0.05) is 19.3 Å². The van der Waals surface area contributed by atoms with Crippen LogP contribution in [0.4, 0.5) is 10.5 Å². The lowest BCUT2D eigenvalue weighted by molar-refractivity contribution is -0.140. The molecule has 15 nitrogen and oxygen atoms in total. The van der Waals surface area contributed by atoms with Crippen molar-refractivity contribution in [1.82, 2.24) is 16.0 Å². The second-order valence-corrected chi connectivity index (χ2v) is 10.3. The monoisotopic (exact) mass is 612 g/mol. The predicted molar refractivity (Wildman–Crippen MR) is 161 cm³/mol. The Kier molecular flexibility index (Phi) is 22.2. The quantitative estimate of drug-likeness (QED) is 0.129. The van der Waals surface area contributed by atoms with Crippen molar-refractivity contribution in [2.24, 2.45) is 22.8 Å². The maximum Gasteiger partial charge on any atom is 0.312 e. The van der Waals surface area contributed by atoms with E-state index in [1.54, 1.807) is 45.2 Å². The summed E-state index contributed by atoms with van der Waals surface area (Å²) >= 11 is 0. The molecule has 1 atom stereocenters. The number of methoxy groups -OCH3 is 1. The Balaban J connectivity index is 0. The number of carbonyl (C=O) groups is 6. The number of rotatable bonds is 16. The lowest BCUT2D eigenvalue weighted by atomic mass is 9.91. The van der Waals surface area contributed by atoms with E-state index < -0.39 is 35.8 Å². The molecule has 1 rings (SSSR count). The van der Waals surface area contributed by atoms with Gasteiger partial charge in [0.05, 0.1) is 26.1 Å². The Labute approximate surface area is 252 Å². The topological polar surface area (TPSA) is 241 Å². The van der Waals surface area contributed by atoms with Gasteiger partial charge >= 0.3 is 12.0 Å². The number of carboxylic acid groups (broad SMARTS) is 1. The van der Waals surface area contributed by atoms with Crippen LogP contribution in [0.5, 0.6) is 0 Å². The molecule has 43 heavy (non-hydrogen) atoms. The van der Waals surface area contributed by atoms with Gasteiger partial charge < -0.3 is 47.3 Å². The molecule has 0 spiro atoms. The van der Waals surface area contributed by atoms with Crippen LogP contribution in [-0.2, 0) is 40.1 Å². The fourth-order valence-corrected chi connectivity index (χ4v) is 3.16. The molecule has 0 aliphatic carbocycles. The second-order valence-electron chi connectivity index (χ2n) is 10.3. The SMILES string of the molecule is CC(C)C(NC(=O)CN)C(=O)NCC(=O)Nc1ccc(COC=O)cc1.CCCNC(N)=O.COCC(C)(C)CC(=O)O. The zero-order valence-electron chi connectivity index (χ0n) is 25.9. The normalized spacial score (nSPS) is 10.9. The molecule has 0 aromatic heterocycles. The van der Waals surface area contributed by atoms with Crippen molar-refractivity contribution < 1.29 is 43.3 Å². The largest absolute Gasteiger partial charge is 0.481 e. The molecule has 1 aromatic carbocycles. The van der Waals surface area contributed by atoms with Gasteiger partial charge in [-0.1, -0.05) is 46.8 Å². The molecular weight excluding hydrogens is 564 g/mol. The number of aliphatic carboxylic acids is 1. The maximum absolute atomic E-state index is 12.1. The molecule has 0 bridgehead atoms. The van der Waals surface area contributed by atoms with Gasteiger partial charge in [0.2, 0.25) is 17.7 Å². The highest BCUT2D eigenvalue weighted by atomic mass is 16.5. The van der Waals surface area contributed by atoms with Crippen LogP contribution in [0.25, 0.3) is 0 Å². The van der Waals surface area contributed by atoms with Gasteiger partial charge in [-0.2, -0.15) is 0 Å². The smallest absolute Gasteiger partial charge is 0.312 e. The molecule has 9 N–H and O–H groups in total. The summed E-state index contributed by atoms with van der Waals surface area (Å²) in [6.07, 6.45) is 1.09. The van der Waals surface area contributed by atoms with Crippen molar-refractivity contribution in [2.45, 2.75) is 60.1 Å². The van der Waals surface area contributed by atoms with Gasteiger partial charge in [-0.25, -0.2) is 4.79 Å². The number of anilines is 1. The number of carbonyl (C=O) groups excluding carboxylic acids is 5. The zero-order chi connectivity index (χ0) is 33.4. The van der Waals surface area contributed by atoms with Crippen molar-refractivity contribution >= 4 is 41.9 Å². The van der Waals surface area contributed by atoms with E-state index in [-0.39, 0.29) is 37.5 Å². The summed E-state index contributed by atoms with van der Waals surface area (Å²) in [7, 11) is 1.57. The third kappa shape index (κ3) is 23.1. The van der Waals surface area contributed by atoms with Gasteiger partial charge in [0.15, 0.2) is 0 Å². The van der Waals surface area contributed by atoms with Crippen LogP contribution in [-0.4, -0.2) is 80.7 Å². The summed E-state index contributed by atoms with van der Waals surface area (Å²) in [5, 5.41) is 18.5. The summed E-state index contributed by atoms with van der Waals surface area (Å²) < 4.78 is 9.47. The van der Waals surface area contributed by atoms with E-state index in [1.165, 1.54) is 0 Å². The molecule has 0 fully saturated rings. The summed E-state index contributed by atoms with van der Waals surface area (Å²) in [5.41, 5.74) is 11.0. The Bertz CT molecular complexity index is 1000. The van der Waals surface area contributed by atoms with Crippen LogP contribution >= 0.6 is 0 Å². The van der Waals surface area contributed by atoms with Crippen LogP contribution in [0.3, 0.4) is 0 Å². The molecule has 5 amide bonds. The molecule has 1 aromatic rings. The number of carboxylic acids is 1. The average Bonchev–Trinajstić information content (AvgIpc) is 2.92. The van der Waals surface area contributed by atoms with Crippen molar-refractivity contribution in [3.63, 3.8) is 0 Å². The number of hydrogen-bond donors (Lipinski definition) is 7. The molecule has 0 saturated carbocycles. The maximum atomic E-state index is 12.1. The number of nitrogens with one attached hydrogen (secondary N) is 4. The molecule has 0 aliphatic heterocycles. The standard InChI is InChI=1S/C17H24N4O5.C7H14O3.C4H10N2O/c1-11(2)16(21-14(23)7-18)17(25)19-8-15(24)20-13-5-3-12(4-6-13)9-26-10-22;1-7(2,5-10-3)4-6(8)9;1-2-3-6-4(5)7/h3-6,10-11,16H,7-9,18H2,1-2H3,(H,19,25)(H,20,24)(H,21,23);4-5H2,1-3H3,(H,8,9);2-3H2,1H3,(H3,5,6,7). The van der Waals surface area contributed by atoms with Gasteiger partial charge in [-0.15, -0.1) is 0 Å². The lowest BCUT2D eigenvalue weighted by Crippen LogP contribution is -2.52. The summed E-state index contributed by atoms with van der Waals surface area (Å²) in [4.78, 5) is 65.7. The first kappa shape index (κ1) is 40.9. The second kappa shape index (κ2) is 23.3. The molecule has 0 saturated heterocycles. The first-order chi connectivity index (χ1) is 20.1. The molecule has 0 heterocycles. The number of nitrogens with two attached hydrogens (primary N) is 2. The van der Waals surface area contributed by atoms with E-state index in [0.717, 1.165) is 12.0 Å². The zero-order valence-corrected chi connectivity index (χ0v) is 25.9. The minimum absolute atomic E-state index is 0.152. The third-order valence-electron chi connectivity index (χ3n) is 5.14. The van der Waals surface area contributed by atoms with E-state index in [1.807, 2.05) is 20.8 Å². The molecular formula is C28H48N6O9. The van der Waals surface area contributed by atoms with Crippen molar-refractivity contribution in [1.29, 1.82) is 0 Å². The minimum atomic E-state index is -0.776. The number of ether oxygens (including phenoxy) is 2. The van der Waals surface area contributed by atoms with Crippen LogP contribution < -0.4 is 32.7 Å². The number of benzene rings is 1. The van der Waals surface area contributed by atoms with Crippen LogP contribution in [0.15, 0.2) is 24.3 Å². The number of amides is 5.